The molecule has 0 aromatic heterocycles. The van der Waals surface area contributed by atoms with Crippen molar-refractivity contribution in [1.29, 1.82) is 0 Å². The Morgan fingerprint density at radius 2 is 1.77 bits per heavy atom. The molecule has 138 valence electrons. The average Bonchev–Trinajstić information content (AvgIpc) is 3.35. The molecule has 3 atom stereocenters. The van der Waals surface area contributed by atoms with Crippen molar-refractivity contribution < 1.29 is 17.9 Å². The van der Waals surface area contributed by atoms with Crippen molar-refractivity contribution in [1.82, 2.24) is 0 Å². The minimum absolute atomic E-state index is 0.108. The second-order valence-corrected chi connectivity index (χ2v) is 8.78. The van der Waals surface area contributed by atoms with Gasteiger partial charge in [0.1, 0.15) is 5.41 Å². The lowest BCUT2D eigenvalue weighted by Crippen LogP contribution is -2.33. The SMILES string of the molecule is CCOC(=O)[C@]1(CN)[C@@H](c2ccccc2)[C@@H]1S(=O)(=O)c1ccc(Cl)cc1. The number of carbonyl (C=O) groups is 1. The zero-order valence-electron chi connectivity index (χ0n) is 14.3. The van der Waals surface area contributed by atoms with Crippen molar-refractivity contribution in [2.24, 2.45) is 11.1 Å². The third-order valence-corrected chi connectivity index (χ3v) is 7.43. The van der Waals surface area contributed by atoms with Gasteiger partial charge in [-0.3, -0.25) is 4.79 Å². The summed E-state index contributed by atoms with van der Waals surface area (Å²) < 4.78 is 31.7. The predicted molar refractivity (Wildman–Crippen MR) is 99.7 cm³/mol. The summed E-state index contributed by atoms with van der Waals surface area (Å²) in [6, 6.07) is 15.0. The molecule has 0 heterocycles. The van der Waals surface area contributed by atoms with E-state index in [0.29, 0.717) is 5.02 Å². The molecule has 0 radical (unpaired) electrons. The van der Waals surface area contributed by atoms with Crippen LogP contribution in [0, 0.1) is 5.41 Å². The summed E-state index contributed by atoms with van der Waals surface area (Å²) in [5.41, 5.74) is 5.41. The molecule has 0 bridgehead atoms. The summed E-state index contributed by atoms with van der Waals surface area (Å²) in [5, 5.41) is -0.530. The van der Waals surface area contributed by atoms with Crippen LogP contribution in [-0.4, -0.2) is 32.8 Å². The van der Waals surface area contributed by atoms with Crippen LogP contribution in [0.5, 0.6) is 0 Å². The highest BCUT2D eigenvalue weighted by atomic mass is 35.5. The summed E-state index contributed by atoms with van der Waals surface area (Å²) in [6.45, 7) is 1.74. The second-order valence-electron chi connectivity index (χ2n) is 6.27. The number of carbonyl (C=O) groups excluding carboxylic acids is 1. The van der Waals surface area contributed by atoms with Crippen LogP contribution in [0.4, 0.5) is 0 Å². The number of rotatable bonds is 6. The van der Waals surface area contributed by atoms with Crippen LogP contribution in [0.1, 0.15) is 18.4 Å². The van der Waals surface area contributed by atoms with Crippen LogP contribution >= 0.6 is 11.6 Å². The lowest BCUT2D eigenvalue weighted by molar-refractivity contribution is -0.149. The molecule has 0 unspecified atom stereocenters. The molecule has 2 N–H and O–H groups in total. The maximum atomic E-state index is 13.3. The van der Waals surface area contributed by atoms with Gasteiger partial charge in [-0.2, -0.15) is 0 Å². The molecule has 1 saturated carbocycles. The maximum absolute atomic E-state index is 13.3. The first-order chi connectivity index (χ1) is 12.4. The number of esters is 1. The van der Waals surface area contributed by atoms with Crippen LogP contribution in [-0.2, 0) is 19.4 Å². The first-order valence-corrected chi connectivity index (χ1v) is 10.2. The van der Waals surface area contributed by atoms with E-state index >= 15 is 0 Å². The van der Waals surface area contributed by atoms with E-state index in [4.69, 9.17) is 22.1 Å². The number of benzene rings is 2. The number of sulfone groups is 1. The van der Waals surface area contributed by atoms with E-state index in [2.05, 4.69) is 0 Å². The fourth-order valence-corrected chi connectivity index (χ4v) is 6.11. The van der Waals surface area contributed by atoms with Gasteiger partial charge in [-0.05, 0) is 36.8 Å². The average molecular weight is 394 g/mol. The van der Waals surface area contributed by atoms with Gasteiger partial charge in [-0.25, -0.2) is 8.42 Å². The van der Waals surface area contributed by atoms with Gasteiger partial charge in [-0.1, -0.05) is 41.9 Å². The number of hydrogen-bond donors (Lipinski definition) is 1. The Bertz CT molecular complexity index is 899. The highest BCUT2D eigenvalue weighted by Gasteiger charge is 2.75. The molecule has 0 amide bonds. The molecule has 1 aliphatic carbocycles. The fraction of sp³-hybridized carbons (Fsp3) is 0.316. The Morgan fingerprint density at radius 3 is 2.31 bits per heavy atom. The van der Waals surface area contributed by atoms with Crippen molar-refractivity contribution in [3.63, 3.8) is 0 Å². The molecule has 3 rings (SSSR count). The molecule has 0 saturated heterocycles. The Kier molecular flexibility index (Phi) is 5.10. The van der Waals surface area contributed by atoms with Gasteiger partial charge in [-0.15, -0.1) is 0 Å². The summed E-state index contributed by atoms with van der Waals surface area (Å²) in [6.07, 6.45) is 0. The highest BCUT2D eigenvalue weighted by molar-refractivity contribution is 7.92. The summed E-state index contributed by atoms with van der Waals surface area (Å²) >= 11 is 5.87. The minimum Gasteiger partial charge on any atom is -0.465 e. The molecule has 26 heavy (non-hydrogen) atoms. The van der Waals surface area contributed by atoms with E-state index < -0.39 is 32.4 Å². The molecule has 0 spiro atoms. The normalized spacial score (nSPS) is 24.9. The van der Waals surface area contributed by atoms with Gasteiger partial charge >= 0.3 is 5.97 Å². The van der Waals surface area contributed by atoms with Gasteiger partial charge in [0.2, 0.25) is 0 Å². The molecule has 0 aliphatic heterocycles. The van der Waals surface area contributed by atoms with Crippen molar-refractivity contribution >= 4 is 27.4 Å². The van der Waals surface area contributed by atoms with Crippen molar-refractivity contribution in [2.75, 3.05) is 13.2 Å². The molecule has 1 fully saturated rings. The Labute approximate surface area is 158 Å². The lowest BCUT2D eigenvalue weighted by atomic mass is 9.99. The Hall–Kier alpha value is -1.89. The van der Waals surface area contributed by atoms with E-state index in [1.807, 2.05) is 30.3 Å². The largest absolute Gasteiger partial charge is 0.465 e. The summed E-state index contributed by atoms with van der Waals surface area (Å²) in [7, 11) is -3.80. The zero-order chi connectivity index (χ0) is 18.9. The van der Waals surface area contributed by atoms with Gasteiger partial charge in [0.15, 0.2) is 9.84 Å². The lowest BCUT2D eigenvalue weighted by Gasteiger charge is -2.14. The first-order valence-electron chi connectivity index (χ1n) is 8.31. The van der Waals surface area contributed by atoms with Crippen LogP contribution in [0.2, 0.25) is 5.02 Å². The molecular weight excluding hydrogens is 374 g/mol. The number of hydrogen-bond acceptors (Lipinski definition) is 5. The topological polar surface area (TPSA) is 86.5 Å². The molecule has 5 nitrogen and oxygen atoms in total. The summed E-state index contributed by atoms with van der Waals surface area (Å²) in [4.78, 5) is 12.8. The minimum atomic E-state index is -3.80. The molecule has 2 aromatic rings. The zero-order valence-corrected chi connectivity index (χ0v) is 15.8. The predicted octanol–water partition coefficient (Wildman–Crippen LogP) is 2.79. The smallest absolute Gasteiger partial charge is 0.315 e. The Morgan fingerprint density at radius 1 is 1.15 bits per heavy atom. The van der Waals surface area contributed by atoms with E-state index in [1.165, 1.54) is 24.3 Å². The van der Waals surface area contributed by atoms with Crippen LogP contribution in [0.15, 0.2) is 59.5 Å². The van der Waals surface area contributed by atoms with Gasteiger partial charge < -0.3 is 10.5 Å². The summed E-state index contributed by atoms with van der Waals surface area (Å²) in [5.74, 6) is -1.12. The number of halogens is 1. The third kappa shape index (κ3) is 2.92. The van der Waals surface area contributed by atoms with Gasteiger partial charge in [0.25, 0.3) is 0 Å². The van der Waals surface area contributed by atoms with Crippen LogP contribution < -0.4 is 5.73 Å². The van der Waals surface area contributed by atoms with E-state index in [1.54, 1.807) is 6.92 Å². The molecular formula is C19H20ClNO4S. The highest BCUT2D eigenvalue weighted by Crippen LogP contribution is 2.64. The van der Waals surface area contributed by atoms with Crippen LogP contribution in [0.25, 0.3) is 0 Å². The monoisotopic (exact) mass is 393 g/mol. The van der Waals surface area contributed by atoms with Crippen molar-refractivity contribution in [3.05, 3.63) is 65.2 Å². The van der Waals surface area contributed by atoms with E-state index in [9.17, 15) is 13.2 Å². The van der Waals surface area contributed by atoms with Gasteiger partial charge in [0.05, 0.1) is 16.8 Å². The van der Waals surface area contributed by atoms with Gasteiger partial charge in [0, 0.05) is 17.5 Å². The van der Waals surface area contributed by atoms with Crippen LogP contribution in [0.3, 0.4) is 0 Å². The molecule has 2 aromatic carbocycles. The van der Waals surface area contributed by atoms with Crippen molar-refractivity contribution in [2.45, 2.75) is 23.0 Å². The first kappa shape index (κ1) is 18.9. The quantitative estimate of drug-likeness (QED) is 0.762. The second kappa shape index (κ2) is 7.02. The van der Waals surface area contributed by atoms with Crippen molar-refractivity contribution in [3.8, 4) is 0 Å². The number of ether oxygens (including phenoxy) is 1. The standard InChI is InChI=1S/C19H20ClNO4S/c1-2-25-18(22)19(12-21)16(13-6-4-3-5-7-13)17(19)26(23,24)15-10-8-14(20)9-11-15/h3-11,16-17H,2,12,21H2,1H3/t16-,17-,19+/m0/s1. The van der Waals surface area contributed by atoms with E-state index in [0.717, 1.165) is 5.56 Å². The number of nitrogens with two attached hydrogens (primary N) is 1. The molecule has 1 aliphatic rings. The third-order valence-electron chi connectivity index (χ3n) is 4.88. The fourth-order valence-electron chi connectivity index (χ4n) is 3.60. The Balaban J connectivity index is 2.10. The molecule has 7 heteroatoms. The maximum Gasteiger partial charge on any atom is 0.315 e. The van der Waals surface area contributed by atoms with E-state index in [-0.39, 0.29) is 18.0 Å².